The van der Waals surface area contributed by atoms with Crippen molar-refractivity contribution in [3.63, 3.8) is 0 Å². The average Bonchev–Trinajstić information content (AvgIpc) is 2.57. The fourth-order valence-electron chi connectivity index (χ4n) is 3.50. The van der Waals surface area contributed by atoms with Crippen LogP contribution in [0.15, 0.2) is 60.7 Å². The molecule has 116 valence electrons. The van der Waals surface area contributed by atoms with Gasteiger partial charge in [-0.25, -0.2) is 0 Å². The highest BCUT2D eigenvalue weighted by Crippen LogP contribution is 2.36. The van der Waals surface area contributed by atoms with E-state index in [1.165, 1.54) is 5.56 Å². The van der Waals surface area contributed by atoms with Gasteiger partial charge in [-0.1, -0.05) is 60.7 Å². The molecule has 0 spiro atoms. The highest BCUT2D eigenvalue weighted by molar-refractivity contribution is 5.23. The van der Waals surface area contributed by atoms with Crippen LogP contribution in [0.3, 0.4) is 0 Å². The zero-order chi connectivity index (χ0) is 15.3. The molecule has 1 aliphatic carbocycles. The lowest BCUT2D eigenvalue weighted by molar-refractivity contribution is -0.0122. The summed E-state index contributed by atoms with van der Waals surface area (Å²) < 4.78 is 0. The second-order valence-electron chi connectivity index (χ2n) is 6.38. The van der Waals surface area contributed by atoms with Crippen LogP contribution in [-0.2, 0) is 12.0 Å². The third-order valence-electron chi connectivity index (χ3n) is 4.73. The molecule has 1 fully saturated rings. The molecular formula is C20H25NO. The van der Waals surface area contributed by atoms with Crippen molar-refractivity contribution in [1.82, 2.24) is 5.32 Å². The van der Waals surface area contributed by atoms with E-state index in [0.29, 0.717) is 6.04 Å². The van der Waals surface area contributed by atoms with Crippen molar-refractivity contribution in [3.8, 4) is 0 Å². The molecule has 0 bridgehead atoms. The van der Waals surface area contributed by atoms with Crippen molar-refractivity contribution in [2.45, 2.75) is 43.7 Å². The maximum Gasteiger partial charge on any atom is 0.0911 e. The van der Waals surface area contributed by atoms with E-state index in [1.807, 2.05) is 30.3 Å². The van der Waals surface area contributed by atoms with Crippen LogP contribution in [0, 0.1) is 0 Å². The third-order valence-corrected chi connectivity index (χ3v) is 4.73. The Balaban J connectivity index is 1.55. The monoisotopic (exact) mass is 295 g/mol. The minimum Gasteiger partial charge on any atom is -0.385 e. The standard InChI is InChI=1S/C20H25NO/c22-20(18-10-5-2-6-11-18)14-7-12-19(16-20)21-15-13-17-8-3-1-4-9-17/h1-6,8-11,19,21-22H,7,12-16H2. The zero-order valence-corrected chi connectivity index (χ0v) is 13.0. The summed E-state index contributed by atoms with van der Waals surface area (Å²) in [6.07, 6.45) is 4.96. The van der Waals surface area contributed by atoms with Crippen molar-refractivity contribution < 1.29 is 5.11 Å². The zero-order valence-electron chi connectivity index (χ0n) is 13.0. The summed E-state index contributed by atoms with van der Waals surface area (Å²) in [7, 11) is 0. The lowest BCUT2D eigenvalue weighted by Gasteiger charge is -2.37. The van der Waals surface area contributed by atoms with Gasteiger partial charge in [-0.3, -0.25) is 0 Å². The molecule has 2 nitrogen and oxygen atoms in total. The summed E-state index contributed by atoms with van der Waals surface area (Å²) in [4.78, 5) is 0. The van der Waals surface area contributed by atoms with E-state index in [1.54, 1.807) is 0 Å². The molecule has 2 aromatic rings. The molecule has 2 aromatic carbocycles. The van der Waals surface area contributed by atoms with Crippen LogP contribution in [0.1, 0.15) is 36.8 Å². The maximum atomic E-state index is 11.0. The summed E-state index contributed by atoms with van der Waals surface area (Å²) >= 11 is 0. The third kappa shape index (κ3) is 3.76. The first kappa shape index (κ1) is 15.3. The van der Waals surface area contributed by atoms with Crippen molar-refractivity contribution >= 4 is 0 Å². The van der Waals surface area contributed by atoms with Gasteiger partial charge in [0.05, 0.1) is 5.60 Å². The minimum atomic E-state index is -0.663. The van der Waals surface area contributed by atoms with Crippen molar-refractivity contribution in [3.05, 3.63) is 71.8 Å². The van der Waals surface area contributed by atoms with Gasteiger partial charge in [0.1, 0.15) is 0 Å². The Bertz CT molecular complexity index is 569. The van der Waals surface area contributed by atoms with Gasteiger partial charge in [-0.2, -0.15) is 0 Å². The Morgan fingerprint density at radius 3 is 2.41 bits per heavy atom. The highest BCUT2D eigenvalue weighted by atomic mass is 16.3. The van der Waals surface area contributed by atoms with Gasteiger partial charge < -0.3 is 10.4 Å². The molecule has 0 aromatic heterocycles. The molecule has 0 saturated heterocycles. The van der Waals surface area contributed by atoms with E-state index in [9.17, 15) is 5.11 Å². The second kappa shape index (κ2) is 7.08. The molecule has 2 N–H and O–H groups in total. The lowest BCUT2D eigenvalue weighted by atomic mass is 9.77. The molecule has 1 saturated carbocycles. The van der Waals surface area contributed by atoms with Gasteiger partial charge in [0.2, 0.25) is 0 Å². The maximum absolute atomic E-state index is 11.0. The first-order chi connectivity index (χ1) is 10.8. The van der Waals surface area contributed by atoms with Gasteiger partial charge in [-0.05, 0) is 49.8 Å². The Morgan fingerprint density at radius 1 is 1.00 bits per heavy atom. The van der Waals surface area contributed by atoms with E-state index in [4.69, 9.17) is 0 Å². The first-order valence-electron chi connectivity index (χ1n) is 8.31. The van der Waals surface area contributed by atoms with Crippen molar-refractivity contribution in [1.29, 1.82) is 0 Å². The molecule has 22 heavy (non-hydrogen) atoms. The van der Waals surface area contributed by atoms with Crippen molar-refractivity contribution in [2.24, 2.45) is 0 Å². The normalized spacial score (nSPS) is 25.0. The van der Waals surface area contributed by atoms with E-state index in [-0.39, 0.29) is 0 Å². The van der Waals surface area contributed by atoms with Gasteiger partial charge in [0.15, 0.2) is 0 Å². The van der Waals surface area contributed by atoms with E-state index in [2.05, 4.69) is 35.6 Å². The summed E-state index contributed by atoms with van der Waals surface area (Å²) in [5.74, 6) is 0. The van der Waals surface area contributed by atoms with Gasteiger partial charge in [0, 0.05) is 6.04 Å². The van der Waals surface area contributed by atoms with E-state index in [0.717, 1.165) is 44.2 Å². The SMILES string of the molecule is OC1(c2ccccc2)CCCC(NCCc2ccccc2)C1. The van der Waals surface area contributed by atoms with Crippen LogP contribution in [0.2, 0.25) is 0 Å². The number of benzene rings is 2. The number of aliphatic hydroxyl groups is 1. The molecule has 2 unspecified atom stereocenters. The first-order valence-corrected chi connectivity index (χ1v) is 8.31. The highest BCUT2D eigenvalue weighted by Gasteiger charge is 2.35. The molecule has 0 amide bonds. The molecular weight excluding hydrogens is 270 g/mol. The van der Waals surface area contributed by atoms with Gasteiger partial charge >= 0.3 is 0 Å². The van der Waals surface area contributed by atoms with Crippen molar-refractivity contribution in [2.75, 3.05) is 6.54 Å². The summed E-state index contributed by atoms with van der Waals surface area (Å²) in [6, 6.07) is 21.1. The Labute approximate surface area is 133 Å². The van der Waals surface area contributed by atoms with Crippen LogP contribution in [-0.4, -0.2) is 17.7 Å². The quantitative estimate of drug-likeness (QED) is 0.882. The molecule has 0 aliphatic heterocycles. The van der Waals surface area contributed by atoms with Gasteiger partial charge in [-0.15, -0.1) is 0 Å². The van der Waals surface area contributed by atoms with Crippen LogP contribution in [0.25, 0.3) is 0 Å². The number of hydrogen-bond acceptors (Lipinski definition) is 2. The Kier molecular flexibility index (Phi) is 4.91. The van der Waals surface area contributed by atoms with Crippen LogP contribution < -0.4 is 5.32 Å². The van der Waals surface area contributed by atoms with E-state index < -0.39 is 5.60 Å². The topological polar surface area (TPSA) is 32.3 Å². The minimum absolute atomic E-state index is 0.405. The summed E-state index contributed by atoms with van der Waals surface area (Å²) in [6.45, 7) is 0.972. The molecule has 2 heteroatoms. The fourth-order valence-corrected chi connectivity index (χ4v) is 3.50. The number of nitrogens with one attached hydrogen (secondary N) is 1. The fraction of sp³-hybridized carbons (Fsp3) is 0.400. The molecule has 0 heterocycles. The van der Waals surface area contributed by atoms with Crippen LogP contribution in [0.5, 0.6) is 0 Å². The lowest BCUT2D eigenvalue weighted by Crippen LogP contribution is -2.42. The Hall–Kier alpha value is -1.64. The molecule has 0 radical (unpaired) electrons. The van der Waals surface area contributed by atoms with Crippen LogP contribution in [0.4, 0.5) is 0 Å². The van der Waals surface area contributed by atoms with E-state index >= 15 is 0 Å². The average molecular weight is 295 g/mol. The second-order valence-corrected chi connectivity index (χ2v) is 6.38. The molecule has 2 atom stereocenters. The molecule has 3 rings (SSSR count). The largest absolute Gasteiger partial charge is 0.385 e. The predicted octanol–water partition coefficient (Wildman–Crippen LogP) is 3.65. The summed E-state index contributed by atoms with van der Waals surface area (Å²) in [5.41, 5.74) is 1.76. The van der Waals surface area contributed by atoms with Gasteiger partial charge in [0.25, 0.3) is 0 Å². The Morgan fingerprint density at radius 2 is 1.68 bits per heavy atom. The number of hydrogen-bond donors (Lipinski definition) is 2. The number of rotatable bonds is 5. The van der Waals surface area contributed by atoms with Crippen LogP contribution >= 0.6 is 0 Å². The molecule has 1 aliphatic rings. The predicted molar refractivity (Wildman–Crippen MR) is 90.7 cm³/mol. The summed E-state index contributed by atoms with van der Waals surface area (Å²) in [5, 5.41) is 14.6. The smallest absolute Gasteiger partial charge is 0.0911 e.